The van der Waals surface area contributed by atoms with Crippen molar-refractivity contribution in [3.63, 3.8) is 0 Å². The standard InChI is InChI=1S/C14H23ClN2O/c1-3-18-8-4-5-13(17-16)10-12-7-6-11(2)9-14(12)15/h6-7,9,13,17H,3-5,8,10,16H2,1-2H3. The van der Waals surface area contributed by atoms with Gasteiger partial charge in [0, 0.05) is 24.3 Å². The van der Waals surface area contributed by atoms with Crippen molar-refractivity contribution in [1.29, 1.82) is 0 Å². The van der Waals surface area contributed by atoms with E-state index in [2.05, 4.69) is 17.6 Å². The van der Waals surface area contributed by atoms with E-state index in [1.807, 2.05) is 19.9 Å². The van der Waals surface area contributed by atoms with Gasteiger partial charge < -0.3 is 4.74 Å². The zero-order chi connectivity index (χ0) is 13.4. The minimum atomic E-state index is 0.241. The second kappa shape index (κ2) is 8.48. The second-order valence-corrected chi connectivity index (χ2v) is 4.91. The molecule has 0 saturated heterocycles. The van der Waals surface area contributed by atoms with Crippen LogP contribution in [0.2, 0.25) is 5.02 Å². The van der Waals surface area contributed by atoms with Gasteiger partial charge in [0.05, 0.1) is 0 Å². The SMILES string of the molecule is CCOCCCC(Cc1ccc(C)cc1Cl)NN. The van der Waals surface area contributed by atoms with Crippen molar-refractivity contribution in [3.05, 3.63) is 34.3 Å². The van der Waals surface area contributed by atoms with Gasteiger partial charge in [-0.2, -0.15) is 0 Å². The van der Waals surface area contributed by atoms with Gasteiger partial charge in [0.2, 0.25) is 0 Å². The summed E-state index contributed by atoms with van der Waals surface area (Å²) in [4.78, 5) is 0. The van der Waals surface area contributed by atoms with Gasteiger partial charge in [-0.3, -0.25) is 11.3 Å². The van der Waals surface area contributed by atoms with Crippen LogP contribution in [0.1, 0.15) is 30.9 Å². The highest BCUT2D eigenvalue weighted by molar-refractivity contribution is 6.31. The van der Waals surface area contributed by atoms with Crippen molar-refractivity contribution >= 4 is 11.6 Å². The maximum absolute atomic E-state index is 6.22. The van der Waals surface area contributed by atoms with Crippen molar-refractivity contribution in [1.82, 2.24) is 5.43 Å². The third-order valence-corrected chi connectivity index (χ3v) is 3.31. The number of rotatable bonds is 8. The van der Waals surface area contributed by atoms with E-state index >= 15 is 0 Å². The predicted molar refractivity (Wildman–Crippen MR) is 76.7 cm³/mol. The van der Waals surface area contributed by atoms with Gasteiger partial charge in [0.25, 0.3) is 0 Å². The smallest absolute Gasteiger partial charge is 0.0466 e. The van der Waals surface area contributed by atoms with Gasteiger partial charge in [-0.15, -0.1) is 0 Å². The molecule has 0 amide bonds. The lowest BCUT2D eigenvalue weighted by atomic mass is 10.0. The lowest BCUT2D eigenvalue weighted by Gasteiger charge is -2.16. The van der Waals surface area contributed by atoms with Gasteiger partial charge in [0.1, 0.15) is 0 Å². The summed E-state index contributed by atoms with van der Waals surface area (Å²) < 4.78 is 5.32. The molecule has 1 atom stereocenters. The third kappa shape index (κ3) is 5.36. The first-order chi connectivity index (χ1) is 8.67. The molecule has 1 aromatic carbocycles. The number of halogens is 1. The molecule has 102 valence electrons. The zero-order valence-corrected chi connectivity index (χ0v) is 12.0. The van der Waals surface area contributed by atoms with Crippen LogP contribution in [-0.4, -0.2) is 19.3 Å². The van der Waals surface area contributed by atoms with Crippen LogP contribution in [0.25, 0.3) is 0 Å². The molecule has 3 N–H and O–H groups in total. The largest absolute Gasteiger partial charge is 0.382 e. The van der Waals surface area contributed by atoms with E-state index in [0.717, 1.165) is 43.1 Å². The fourth-order valence-corrected chi connectivity index (χ4v) is 2.22. The number of aryl methyl sites for hydroxylation is 1. The molecule has 0 fully saturated rings. The molecule has 0 aliphatic rings. The van der Waals surface area contributed by atoms with Crippen LogP contribution in [-0.2, 0) is 11.2 Å². The topological polar surface area (TPSA) is 47.3 Å². The van der Waals surface area contributed by atoms with E-state index < -0.39 is 0 Å². The maximum Gasteiger partial charge on any atom is 0.0466 e. The molecule has 1 aromatic rings. The van der Waals surface area contributed by atoms with Crippen molar-refractivity contribution in [2.24, 2.45) is 5.84 Å². The van der Waals surface area contributed by atoms with E-state index in [9.17, 15) is 0 Å². The second-order valence-electron chi connectivity index (χ2n) is 4.50. The van der Waals surface area contributed by atoms with Crippen LogP contribution in [0.15, 0.2) is 18.2 Å². The Morgan fingerprint density at radius 2 is 2.22 bits per heavy atom. The minimum absolute atomic E-state index is 0.241. The molecule has 0 saturated carbocycles. The molecule has 0 aliphatic heterocycles. The molecule has 0 radical (unpaired) electrons. The van der Waals surface area contributed by atoms with Crippen molar-refractivity contribution in [2.75, 3.05) is 13.2 Å². The average Bonchev–Trinajstić information content (AvgIpc) is 2.35. The summed E-state index contributed by atoms with van der Waals surface area (Å²) in [7, 11) is 0. The normalized spacial score (nSPS) is 12.7. The van der Waals surface area contributed by atoms with Crippen molar-refractivity contribution in [3.8, 4) is 0 Å². The Morgan fingerprint density at radius 3 is 2.83 bits per heavy atom. The molecular weight excluding hydrogens is 248 g/mol. The third-order valence-electron chi connectivity index (χ3n) is 2.96. The molecule has 0 aliphatic carbocycles. The lowest BCUT2D eigenvalue weighted by molar-refractivity contribution is 0.140. The Hall–Kier alpha value is -0.610. The molecule has 1 rings (SSSR count). The van der Waals surface area contributed by atoms with Crippen LogP contribution in [0.5, 0.6) is 0 Å². The summed E-state index contributed by atoms with van der Waals surface area (Å²) in [5, 5.41) is 0.819. The monoisotopic (exact) mass is 270 g/mol. The van der Waals surface area contributed by atoms with Gasteiger partial charge in [-0.25, -0.2) is 0 Å². The number of hydrogen-bond acceptors (Lipinski definition) is 3. The molecule has 4 heteroatoms. The van der Waals surface area contributed by atoms with Crippen LogP contribution in [0, 0.1) is 6.92 Å². The number of benzene rings is 1. The molecule has 0 aromatic heterocycles. The Kier molecular flexibility index (Phi) is 7.28. The summed E-state index contributed by atoms with van der Waals surface area (Å²) in [6, 6.07) is 6.38. The molecule has 0 bridgehead atoms. The first kappa shape index (κ1) is 15.4. The van der Waals surface area contributed by atoms with Crippen LogP contribution < -0.4 is 11.3 Å². The summed E-state index contributed by atoms with van der Waals surface area (Å²) >= 11 is 6.22. The summed E-state index contributed by atoms with van der Waals surface area (Å²) in [5.41, 5.74) is 5.17. The quantitative estimate of drug-likeness (QED) is 0.434. The van der Waals surface area contributed by atoms with Gasteiger partial charge in [0.15, 0.2) is 0 Å². The van der Waals surface area contributed by atoms with Crippen LogP contribution in [0.3, 0.4) is 0 Å². The summed E-state index contributed by atoms with van der Waals surface area (Å²) in [6.07, 6.45) is 2.84. The highest BCUT2D eigenvalue weighted by Crippen LogP contribution is 2.20. The Morgan fingerprint density at radius 1 is 1.44 bits per heavy atom. The molecule has 18 heavy (non-hydrogen) atoms. The van der Waals surface area contributed by atoms with E-state index in [1.165, 1.54) is 5.56 Å². The van der Waals surface area contributed by atoms with Crippen molar-refractivity contribution < 1.29 is 4.74 Å². The number of nitrogens with one attached hydrogen (secondary N) is 1. The fourth-order valence-electron chi connectivity index (χ4n) is 1.90. The van der Waals surface area contributed by atoms with Crippen LogP contribution >= 0.6 is 11.6 Å². The first-order valence-electron chi connectivity index (χ1n) is 6.46. The summed E-state index contributed by atoms with van der Waals surface area (Å²) in [5.74, 6) is 5.58. The summed E-state index contributed by atoms with van der Waals surface area (Å²) in [6.45, 7) is 5.60. The predicted octanol–water partition coefficient (Wildman–Crippen LogP) is 2.84. The Bertz CT molecular complexity index is 358. The fraction of sp³-hybridized carbons (Fsp3) is 0.571. The molecule has 0 spiro atoms. The van der Waals surface area contributed by atoms with E-state index in [1.54, 1.807) is 0 Å². The highest BCUT2D eigenvalue weighted by atomic mass is 35.5. The van der Waals surface area contributed by atoms with Crippen LogP contribution in [0.4, 0.5) is 0 Å². The molecular formula is C14H23ClN2O. The van der Waals surface area contributed by atoms with Crippen molar-refractivity contribution in [2.45, 2.75) is 39.2 Å². The van der Waals surface area contributed by atoms with E-state index in [-0.39, 0.29) is 6.04 Å². The Labute approximate surface area is 115 Å². The number of hydrogen-bond donors (Lipinski definition) is 2. The Balaban J connectivity index is 2.46. The number of ether oxygens (including phenoxy) is 1. The van der Waals surface area contributed by atoms with E-state index in [0.29, 0.717) is 0 Å². The zero-order valence-electron chi connectivity index (χ0n) is 11.2. The molecule has 3 nitrogen and oxygen atoms in total. The first-order valence-corrected chi connectivity index (χ1v) is 6.84. The number of hydrazine groups is 1. The highest BCUT2D eigenvalue weighted by Gasteiger charge is 2.10. The lowest BCUT2D eigenvalue weighted by Crippen LogP contribution is -2.37. The average molecular weight is 271 g/mol. The van der Waals surface area contributed by atoms with Gasteiger partial charge in [-0.1, -0.05) is 23.7 Å². The molecule has 1 unspecified atom stereocenters. The number of nitrogens with two attached hydrogens (primary N) is 1. The maximum atomic E-state index is 6.22. The van der Waals surface area contributed by atoms with E-state index in [4.69, 9.17) is 22.2 Å². The van der Waals surface area contributed by atoms with Gasteiger partial charge >= 0.3 is 0 Å². The minimum Gasteiger partial charge on any atom is -0.382 e. The molecule has 0 heterocycles. The van der Waals surface area contributed by atoms with Gasteiger partial charge in [-0.05, 0) is 50.3 Å².